The molecule has 0 nitrogen and oxygen atoms in total. The molecule has 0 atom stereocenters. The van der Waals surface area contributed by atoms with Crippen molar-refractivity contribution in [1.82, 2.24) is 0 Å². The van der Waals surface area contributed by atoms with Gasteiger partial charge in [0.2, 0.25) is 0 Å². The molecule has 0 spiro atoms. The quantitative estimate of drug-likeness (QED) is 0.353. The first kappa shape index (κ1) is 19.4. The van der Waals surface area contributed by atoms with E-state index in [1.54, 1.807) is 18.2 Å². The molecule has 25 heavy (non-hydrogen) atoms. The lowest BCUT2D eigenvalue weighted by atomic mass is 9.60. The van der Waals surface area contributed by atoms with Crippen LogP contribution in [0, 0.1) is 11.7 Å². The molecular weight excluding hydrogens is 347 g/mol. The molecule has 140 valence electrons. The highest BCUT2D eigenvalue weighted by Crippen LogP contribution is 2.51. The summed E-state index contributed by atoms with van der Waals surface area (Å²) >= 11 is 5.96. The van der Waals surface area contributed by atoms with Gasteiger partial charge in [-0.15, -0.1) is 0 Å². The van der Waals surface area contributed by atoms with Gasteiger partial charge in [0.05, 0.1) is 5.02 Å². The maximum atomic E-state index is 14.2. The highest BCUT2D eigenvalue weighted by molar-refractivity contribution is 6.59. The molecule has 1 saturated carbocycles. The molecule has 0 aromatic heterocycles. The molecule has 1 aliphatic carbocycles. The largest absolute Gasteiger partial charge is 0.205 e. The van der Waals surface area contributed by atoms with Gasteiger partial charge >= 0.3 is 0 Å². The Morgan fingerprint density at radius 1 is 1.12 bits per heavy atom. The molecule has 0 radical (unpaired) electrons. The van der Waals surface area contributed by atoms with Crippen molar-refractivity contribution in [3.63, 3.8) is 0 Å². The third-order valence-corrected chi connectivity index (χ3v) is 10.9. The lowest BCUT2D eigenvalue weighted by molar-refractivity contribution is 0.174. The molecule has 3 heteroatoms. The van der Waals surface area contributed by atoms with Gasteiger partial charge in [-0.1, -0.05) is 94.1 Å². The molecule has 0 amide bonds. The number of hydrogen-bond acceptors (Lipinski definition) is 0. The molecule has 2 fully saturated rings. The average molecular weight is 381 g/mol. The molecule has 3 rings (SSSR count). The SMILES string of the molecule is CCCCC[SiH]1CCC(C2(c3ccc(Cl)c(F)c3)CCCCC2)CC1. The normalized spacial score (nSPS) is 26.5. The topological polar surface area (TPSA) is 0 Å². The van der Waals surface area contributed by atoms with Gasteiger partial charge in [0.15, 0.2) is 0 Å². The average Bonchev–Trinajstić information content (AvgIpc) is 2.65. The maximum absolute atomic E-state index is 14.2. The zero-order valence-corrected chi connectivity index (χ0v) is 17.7. The second-order valence-corrected chi connectivity index (χ2v) is 12.4. The van der Waals surface area contributed by atoms with E-state index in [9.17, 15) is 4.39 Å². The van der Waals surface area contributed by atoms with Crippen molar-refractivity contribution < 1.29 is 4.39 Å². The van der Waals surface area contributed by atoms with Gasteiger partial charge < -0.3 is 0 Å². The molecule has 2 aliphatic rings. The van der Waals surface area contributed by atoms with E-state index in [0.717, 1.165) is 5.92 Å². The van der Waals surface area contributed by atoms with E-state index in [1.807, 2.05) is 0 Å². The lowest BCUT2D eigenvalue weighted by Crippen LogP contribution is -2.40. The molecule has 1 aliphatic heterocycles. The first-order chi connectivity index (χ1) is 12.2. The summed E-state index contributed by atoms with van der Waals surface area (Å²) in [7, 11) is -0.488. The Hall–Kier alpha value is -0.343. The first-order valence-electron chi connectivity index (χ1n) is 10.6. The van der Waals surface area contributed by atoms with Gasteiger partial charge in [0.25, 0.3) is 0 Å². The van der Waals surface area contributed by atoms with Gasteiger partial charge in [-0.2, -0.15) is 0 Å². The predicted molar refractivity (Wildman–Crippen MR) is 110 cm³/mol. The van der Waals surface area contributed by atoms with Crippen molar-refractivity contribution in [2.24, 2.45) is 5.92 Å². The molecule has 1 heterocycles. The van der Waals surface area contributed by atoms with Crippen LogP contribution >= 0.6 is 11.6 Å². The van der Waals surface area contributed by atoms with Crippen molar-refractivity contribution in [2.75, 3.05) is 0 Å². The fraction of sp³-hybridized carbons (Fsp3) is 0.727. The standard InChI is InChI=1S/C22H34ClFSi/c1-2-3-7-14-25-15-10-18(11-16-25)22(12-5-4-6-13-22)19-8-9-20(23)21(24)17-19/h8-9,17-18,25H,2-7,10-16H2,1H3. The van der Waals surface area contributed by atoms with Crippen LogP contribution in [-0.2, 0) is 5.41 Å². The second-order valence-electron chi connectivity index (χ2n) is 8.56. The van der Waals surface area contributed by atoms with E-state index in [4.69, 9.17) is 11.6 Å². The van der Waals surface area contributed by atoms with E-state index < -0.39 is 8.80 Å². The number of unbranched alkanes of at least 4 members (excludes halogenated alkanes) is 2. The zero-order valence-electron chi connectivity index (χ0n) is 15.8. The smallest absolute Gasteiger partial charge is 0.142 e. The predicted octanol–water partition coefficient (Wildman–Crippen LogP) is 7.51. The number of halogens is 2. The van der Waals surface area contributed by atoms with E-state index in [-0.39, 0.29) is 16.3 Å². The van der Waals surface area contributed by atoms with Crippen LogP contribution in [-0.4, -0.2) is 8.80 Å². The lowest BCUT2D eigenvalue weighted by Gasteiger charge is -2.47. The summed E-state index contributed by atoms with van der Waals surface area (Å²) < 4.78 is 14.2. The van der Waals surface area contributed by atoms with Gasteiger partial charge in [-0.05, 0) is 41.9 Å². The molecule has 1 aromatic carbocycles. The fourth-order valence-electron chi connectivity index (χ4n) is 5.61. The Kier molecular flexibility index (Phi) is 7.02. The van der Waals surface area contributed by atoms with E-state index in [2.05, 4.69) is 13.0 Å². The summed E-state index contributed by atoms with van der Waals surface area (Å²) in [6.45, 7) is 2.30. The van der Waals surface area contributed by atoms with Crippen molar-refractivity contribution in [3.05, 3.63) is 34.6 Å². The van der Waals surface area contributed by atoms with Crippen LogP contribution < -0.4 is 0 Å². The minimum Gasteiger partial charge on any atom is -0.205 e. The monoisotopic (exact) mass is 380 g/mol. The molecule has 0 bridgehead atoms. The zero-order chi connectivity index (χ0) is 17.7. The fourth-order valence-corrected chi connectivity index (χ4v) is 9.20. The van der Waals surface area contributed by atoms with Gasteiger partial charge in [0, 0.05) is 8.80 Å². The van der Waals surface area contributed by atoms with E-state index in [0.29, 0.717) is 0 Å². The van der Waals surface area contributed by atoms with E-state index >= 15 is 0 Å². The first-order valence-corrected chi connectivity index (χ1v) is 13.4. The number of rotatable bonds is 6. The molecule has 0 unspecified atom stereocenters. The van der Waals surface area contributed by atoms with Gasteiger partial charge in [-0.25, -0.2) is 4.39 Å². The second kappa shape index (κ2) is 9.04. The molecule has 1 aromatic rings. The minimum atomic E-state index is -0.488. The van der Waals surface area contributed by atoms with Crippen LogP contribution in [0.1, 0.15) is 76.7 Å². The Balaban J connectivity index is 1.72. The highest BCUT2D eigenvalue weighted by atomic mass is 35.5. The van der Waals surface area contributed by atoms with Crippen LogP contribution in [0.15, 0.2) is 18.2 Å². The Morgan fingerprint density at radius 3 is 2.48 bits per heavy atom. The van der Waals surface area contributed by atoms with Gasteiger partial charge in [-0.3, -0.25) is 0 Å². The van der Waals surface area contributed by atoms with Crippen molar-refractivity contribution >= 4 is 20.4 Å². The Morgan fingerprint density at radius 2 is 1.84 bits per heavy atom. The van der Waals surface area contributed by atoms with E-state index in [1.165, 1.54) is 81.9 Å². The van der Waals surface area contributed by atoms with Gasteiger partial charge in [0.1, 0.15) is 5.82 Å². The number of hydrogen-bond donors (Lipinski definition) is 0. The summed E-state index contributed by atoms with van der Waals surface area (Å²) in [4.78, 5) is 0. The summed E-state index contributed by atoms with van der Waals surface area (Å²) in [5, 5.41) is 0.266. The highest BCUT2D eigenvalue weighted by Gasteiger charge is 2.42. The van der Waals surface area contributed by atoms with Crippen LogP contribution in [0.4, 0.5) is 4.39 Å². The summed E-state index contributed by atoms with van der Waals surface area (Å²) in [6, 6.07) is 10.3. The number of benzene rings is 1. The third-order valence-electron chi connectivity index (χ3n) is 7.08. The van der Waals surface area contributed by atoms with Crippen LogP contribution in [0.25, 0.3) is 0 Å². The third kappa shape index (κ3) is 4.50. The Labute approximate surface area is 160 Å². The summed E-state index contributed by atoms with van der Waals surface area (Å²) in [6.07, 6.45) is 13.5. The molecule has 1 saturated heterocycles. The summed E-state index contributed by atoms with van der Waals surface area (Å²) in [5.41, 5.74) is 1.47. The van der Waals surface area contributed by atoms with Crippen LogP contribution in [0.2, 0.25) is 23.2 Å². The van der Waals surface area contributed by atoms with Crippen LogP contribution in [0.5, 0.6) is 0 Å². The van der Waals surface area contributed by atoms with Crippen LogP contribution in [0.3, 0.4) is 0 Å². The van der Waals surface area contributed by atoms with Crippen molar-refractivity contribution in [3.8, 4) is 0 Å². The van der Waals surface area contributed by atoms with Crippen molar-refractivity contribution in [1.29, 1.82) is 0 Å². The minimum absolute atomic E-state index is 0.229. The molecular formula is C22H34ClFSi. The summed E-state index contributed by atoms with van der Waals surface area (Å²) in [5.74, 6) is 0.537. The van der Waals surface area contributed by atoms with Crippen molar-refractivity contribution in [2.45, 2.75) is 94.7 Å². The Bertz CT molecular complexity index is 545. The molecule has 0 N–H and O–H groups in total. The maximum Gasteiger partial charge on any atom is 0.142 e.